The Kier molecular flexibility index (Phi) is 4.14. The minimum Gasteiger partial charge on any atom is -0.345 e. The average molecular weight is 290 g/mol. The number of hydrazine groups is 1. The zero-order valence-electron chi connectivity index (χ0n) is 11.2. The van der Waals surface area contributed by atoms with E-state index in [4.69, 9.17) is 5.84 Å². The van der Waals surface area contributed by atoms with Crippen molar-refractivity contribution in [3.05, 3.63) is 51.8 Å². The molecule has 1 unspecified atom stereocenters. The number of hydrogen-bond donors (Lipinski definition) is 4. The first-order valence-corrected chi connectivity index (χ1v) is 6.07. The maximum Gasteiger partial charge on any atom is 0.294 e. The fraction of sp³-hybridized carbons (Fsp3) is 0.167. The monoisotopic (exact) mass is 290 g/mol. The van der Waals surface area contributed by atoms with Crippen molar-refractivity contribution in [2.45, 2.75) is 13.0 Å². The van der Waals surface area contributed by atoms with Gasteiger partial charge in [0.1, 0.15) is 5.69 Å². The highest BCUT2D eigenvalue weighted by Crippen LogP contribution is 2.24. The highest BCUT2D eigenvalue weighted by molar-refractivity contribution is 5.95. The molecule has 0 saturated carbocycles. The number of hydrogen-bond acceptors (Lipinski definition) is 6. The van der Waals surface area contributed by atoms with Gasteiger partial charge in [-0.05, 0) is 19.1 Å². The van der Waals surface area contributed by atoms with E-state index in [-0.39, 0.29) is 23.0 Å². The first-order chi connectivity index (χ1) is 10.0. The molecule has 9 heteroatoms. The van der Waals surface area contributed by atoms with Gasteiger partial charge in [0.05, 0.1) is 17.2 Å². The number of nitrogens with zero attached hydrogens (tertiary/aromatic N) is 2. The van der Waals surface area contributed by atoms with Crippen molar-refractivity contribution >= 4 is 17.3 Å². The van der Waals surface area contributed by atoms with Crippen molar-refractivity contribution in [1.82, 2.24) is 15.5 Å². The quantitative estimate of drug-likeness (QED) is 0.369. The molecule has 0 fully saturated rings. The Labute approximate surface area is 119 Å². The lowest BCUT2D eigenvalue weighted by molar-refractivity contribution is -0.384. The molecule has 0 aliphatic carbocycles. The lowest BCUT2D eigenvalue weighted by Gasteiger charge is -2.12. The van der Waals surface area contributed by atoms with Crippen LogP contribution in [-0.2, 0) is 0 Å². The predicted molar refractivity (Wildman–Crippen MR) is 75.4 cm³/mol. The number of rotatable bonds is 5. The van der Waals surface area contributed by atoms with Crippen LogP contribution in [0.2, 0.25) is 0 Å². The molecule has 0 saturated heterocycles. The normalized spacial score (nSPS) is 11.7. The van der Waals surface area contributed by atoms with E-state index >= 15 is 0 Å². The van der Waals surface area contributed by atoms with Gasteiger partial charge < -0.3 is 10.7 Å². The van der Waals surface area contributed by atoms with Crippen LogP contribution in [0, 0.1) is 10.1 Å². The minimum absolute atomic E-state index is 0.138. The van der Waals surface area contributed by atoms with E-state index in [0.717, 1.165) is 5.56 Å². The molecule has 2 aromatic rings. The second kappa shape index (κ2) is 6.01. The Balaban J connectivity index is 2.19. The number of aromatic amines is 1. The third kappa shape index (κ3) is 3.15. The van der Waals surface area contributed by atoms with Gasteiger partial charge in [-0.25, -0.2) is 0 Å². The second-order valence-electron chi connectivity index (χ2n) is 4.36. The van der Waals surface area contributed by atoms with Gasteiger partial charge >= 0.3 is 0 Å². The first-order valence-electron chi connectivity index (χ1n) is 6.07. The molecule has 21 heavy (non-hydrogen) atoms. The van der Waals surface area contributed by atoms with Gasteiger partial charge in [-0.15, -0.1) is 0 Å². The predicted octanol–water partition coefficient (Wildman–Crippen LogP) is 1.09. The van der Waals surface area contributed by atoms with E-state index < -0.39 is 10.8 Å². The van der Waals surface area contributed by atoms with E-state index in [1.807, 2.05) is 0 Å². The minimum atomic E-state index is -0.606. The number of nitrogen functional groups attached to an aromatic ring is 1. The molecule has 110 valence electrons. The molecule has 0 spiro atoms. The molecule has 5 N–H and O–H groups in total. The topological polar surface area (TPSA) is 139 Å². The van der Waals surface area contributed by atoms with E-state index in [9.17, 15) is 14.9 Å². The van der Waals surface area contributed by atoms with Crippen LogP contribution in [0.15, 0.2) is 30.6 Å². The molecular formula is C12H14N6O3. The summed E-state index contributed by atoms with van der Waals surface area (Å²) >= 11 is 0. The van der Waals surface area contributed by atoms with Crippen LogP contribution in [0.3, 0.4) is 0 Å². The highest BCUT2D eigenvalue weighted by atomic mass is 16.6. The van der Waals surface area contributed by atoms with Gasteiger partial charge in [0, 0.05) is 23.4 Å². The van der Waals surface area contributed by atoms with Crippen LogP contribution < -0.4 is 16.6 Å². The Hall–Kier alpha value is -2.94. The Morgan fingerprint density at radius 2 is 2.29 bits per heavy atom. The molecule has 1 heterocycles. The van der Waals surface area contributed by atoms with Crippen LogP contribution >= 0.6 is 0 Å². The van der Waals surface area contributed by atoms with Gasteiger partial charge in [0.2, 0.25) is 0 Å². The molecule has 0 aliphatic heterocycles. The van der Waals surface area contributed by atoms with Crippen LogP contribution in [0.1, 0.15) is 28.9 Å². The zero-order valence-corrected chi connectivity index (χ0v) is 11.2. The zero-order chi connectivity index (χ0) is 15.4. The number of nitro benzene ring substituents is 1. The van der Waals surface area contributed by atoms with Crippen LogP contribution in [0.5, 0.6) is 0 Å². The van der Waals surface area contributed by atoms with Crippen molar-refractivity contribution in [2.75, 3.05) is 5.43 Å². The average Bonchev–Trinajstić information content (AvgIpc) is 3.00. The largest absolute Gasteiger partial charge is 0.345 e. The third-order valence-electron chi connectivity index (χ3n) is 2.98. The number of aromatic nitrogens is 2. The number of nitrogens with one attached hydrogen (secondary N) is 3. The summed E-state index contributed by atoms with van der Waals surface area (Å²) in [6, 6.07) is 3.74. The highest BCUT2D eigenvalue weighted by Gasteiger charge is 2.18. The molecule has 1 amide bonds. The first kappa shape index (κ1) is 14.5. The van der Waals surface area contributed by atoms with Crippen molar-refractivity contribution in [3.63, 3.8) is 0 Å². The van der Waals surface area contributed by atoms with Gasteiger partial charge in [0.25, 0.3) is 11.6 Å². The summed E-state index contributed by atoms with van der Waals surface area (Å²) in [4.78, 5) is 22.4. The summed E-state index contributed by atoms with van der Waals surface area (Å²) in [5, 5.41) is 20.1. The molecule has 0 bridgehead atoms. The fourth-order valence-electron chi connectivity index (χ4n) is 1.81. The maximum absolute atomic E-state index is 12.1. The summed E-state index contributed by atoms with van der Waals surface area (Å²) < 4.78 is 0. The fourth-order valence-corrected chi connectivity index (χ4v) is 1.81. The van der Waals surface area contributed by atoms with Crippen LogP contribution in [0.25, 0.3) is 0 Å². The second-order valence-corrected chi connectivity index (χ2v) is 4.36. The van der Waals surface area contributed by atoms with E-state index in [0.29, 0.717) is 0 Å². The van der Waals surface area contributed by atoms with E-state index in [1.165, 1.54) is 18.2 Å². The smallest absolute Gasteiger partial charge is 0.294 e. The van der Waals surface area contributed by atoms with Gasteiger partial charge in [-0.3, -0.25) is 25.9 Å². The molecular weight excluding hydrogens is 276 g/mol. The van der Waals surface area contributed by atoms with Gasteiger partial charge in [-0.2, -0.15) is 5.10 Å². The van der Waals surface area contributed by atoms with E-state index in [2.05, 4.69) is 20.9 Å². The van der Waals surface area contributed by atoms with Crippen LogP contribution in [0.4, 0.5) is 11.4 Å². The summed E-state index contributed by atoms with van der Waals surface area (Å²) in [6.07, 6.45) is 3.25. The lowest BCUT2D eigenvalue weighted by Crippen LogP contribution is -2.26. The number of anilines is 1. The van der Waals surface area contributed by atoms with Gasteiger partial charge in [0.15, 0.2) is 0 Å². The number of carbonyl (C=O) groups is 1. The molecule has 2 rings (SSSR count). The van der Waals surface area contributed by atoms with Crippen molar-refractivity contribution in [1.29, 1.82) is 0 Å². The Morgan fingerprint density at radius 3 is 2.86 bits per heavy atom. The molecule has 0 radical (unpaired) electrons. The summed E-state index contributed by atoms with van der Waals surface area (Å²) in [6.45, 7) is 1.78. The Bertz CT molecular complexity index is 655. The standard InChI is InChI=1S/C12H14N6O3/c1-7(9-5-14-15-6-9)16-12(19)8-2-3-10(17-13)11(4-8)18(20)21/h2-7,17H,13H2,1H3,(H,14,15)(H,16,19). The number of carbonyl (C=O) groups excluding carboxylic acids is 1. The number of nitro groups is 1. The van der Waals surface area contributed by atoms with Crippen molar-refractivity contribution in [3.8, 4) is 0 Å². The van der Waals surface area contributed by atoms with Crippen molar-refractivity contribution in [2.24, 2.45) is 5.84 Å². The maximum atomic E-state index is 12.1. The molecule has 1 aromatic carbocycles. The Morgan fingerprint density at radius 1 is 1.52 bits per heavy atom. The summed E-state index contributed by atoms with van der Waals surface area (Å²) in [5.41, 5.74) is 3.08. The molecule has 9 nitrogen and oxygen atoms in total. The third-order valence-corrected chi connectivity index (χ3v) is 2.98. The SMILES string of the molecule is CC(NC(=O)c1ccc(NN)c([N+](=O)[O-])c1)c1cn[nH]c1. The van der Waals surface area contributed by atoms with Crippen LogP contribution in [-0.4, -0.2) is 21.0 Å². The van der Waals surface area contributed by atoms with Crippen molar-refractivity contribution < 1.29 is 9.72 Å². The van der Waals surface area contributed by atoms with E-state index in [1.54, 1.807) is 19.3 Å². The molecule has 1 atom stereocenters. The number of H-pyrrole nitrogens is 1. The molecule has 0 aliphatic rings. The van der Waals surface area contributed by atoms with Gasteiger partial charge in [-0.1, -0.05) is 0 Å². The summed E-state index contributed by atoms with van der Waals surface area (Å²) in [5.74, 6) is 4.77. The number of amides is 1. The summed E-state index contributed by atoms with van der Waals surface area (Å²) in [7, 11) is 0. The number of benzene rings is 1. The lowest BCUT2D eigenvalue weighted by atomic mass is 10.1. The molecule has 1 aromatic heterocycles. The number of nitrogens with two attached hydrogens (primary N) is 1.